The third kappa shape index (κ3) is 5.83. The summed E-state index contributed by atoms with van der Waals surface area (Å²) in [6.07, 6.45) is -5.09. The highest BCUT2D eigenvalue weighted by molar-refractivity contribution is 5.85. The van der Waals surface area contributed by atoms with Gasteiger partial charge in [0.1, 0.15) is 0 Å². The Morgan fingerprint density at radius 1 is 1.06 bits per heavy atom. The van der Waals surface area contributed by atoms with E-state index in [2.05, 4.69) is 6.07 Å². The molecule has 0 saturated carbocycles. The van der Waals surface area contributed by atoms with Gasteiger partial charge in [-0.05, 0) is 43.0 Å². The lowest BCUT2D eigenvalue weighted by atomic mass is 9.64. The Kier molecular flexibility index (Phi) is 8.33. The third-order valence-electron chi connectivity index (χ3n) is 6.60. The summed E-state index contributed by atoms with van der Waals surface area (Å²) >= 11 is 0. The average Bonchev–Trinajstić information content (AvgIpc) is 2.82. The highest BCUT2D eigenvalue weighted by Gasteiger charge is 2.50. The number of alkyl halides is 3. The number of carbonyl (C=O) groups excluding carboxylic acids is 2. The van der Waals surface area contributed by atoms with Crippen LogP contribution in [0.15, 0.2) is 48.5 Å². The van der Waals surface area contributed by atoms with E-state index in [-0.39, 0.29) is 50.1 Å². The van der Waals surface area contributed by atoms with Crippen molar-refractivity contribution in [1.82, 2.24) is 4.90 Å². The molecule has 3 rings (SSSR count). The molecule has 0 spiro atoms. The summed E-state index contributed by atoms with van der Waals surface area (Å²) in [7, 11) is 0. The maximum Gasteiger partial charge on any atom is 0.404 e. The minimum atomic E-state index is -4.82. The average molecular weight is 508 g/mol. The van der Waals surface area contributed by atoms with Gasteiger partial charge in [-0.1, -0.05) is 36.4 Å². The van der Waals surface area contributed by atoms with Gasteiger partial charge in [0.05, 0.1) is 25.0 Å². The van der Waals surface area contributed by atoms with Gasteiger partial charge >= 0.3 is 12.1 Å². The number of esters is 1. The van der Waals surface area contributed by atoms with Crippen LogP contribution in [0.5, 0.6) is 0 Å². The van der Waals surface area contributed by atoms with Gasteiger partial charge in [0.15, 0.2) is 17.6 Å². The number of rotatable bonds is 7. The van der Waals surface area contributed by atoms with Crippen molar-refractivity contribution in [1.29, 1.82) is 5.26 Å². The number of piperidine rings is 1. The number of hydrogen-bond acceptors (Lipinski definition) is 4. The number of likely N-dealkylation sites (tertiary alicyclic amines) is 1. The van der Waals surface area contributed by atoms with E-state index in [4.69, 9.17) is 4.74 Å². The van der Waals surface area contributed by atoms with E-state index < -0.39 is 46.9 Å². The third-order valence-corrected chi connectivity index (χ3v) is 6.60. The first kappa shape index (κ1) is 27.1. The van der Waals surface area contributed by atoms with Crippen LogP contribution in [0.2, 0.25) is 0 Å². The first-order chi connectivity index (χ1) is 17.0. The fraction of sp³-hybridized carbons (Fsp3) is 0.423. The SMILES string of the molecule is CCOC(=O)CC1(C(C#N)c2ccc(F)c(F)c2)CCN(C(=O)[C@H](c2ccccc2)C(F)(F)F)CC1. The number of carbonyl (C=O) groups is 2. The Bertz CT molecular complexity index is 1120. The molecule has 0 radical (unpaired) electrons. The number of halogens is 5. The fourth-order valence-electron chi connectivity index (χ4n) is 4.80. The molecule has 10 heteroatoms. The van der Waals surface area contributed by atoms with E-state index in [1.54, 1.807) is 13.0 Å². The van der Waals surface area contributed by atoms with Crippen LogP contribution in [0, 0.1) is 28.4 Å². The number of ether oxygens (including phenoxy) is 1. The van der Waals surface area contributed by atoms with Crippen molar-refractivity contribution in [2.45, 2.75) is 44.2 Å². The maximum atomic E-state index is 13.9. The van der Waals surface area contributed by atoms with Gasteiger partial charge in [-0.25, -0.2) is 8.78 Å². The van der Waals surface area contributed by atoms with Crippen molar-refractivity contribution >= 4 is 11.9 Å². The van der Waals surface area contributed by atoms with Crippen molar-refractivity contribution in [3.63, 3.8) is 0 Å². The number of nitrogens with zero attached hydrogens (tertiary/aromatic N) is 2. The summed E-state index contributed by atoms with van der Waals surface area (Å²) in [5, 5.41) is 9.97. The predicted octanol–water partition coefficient (Wildman–Crippen LogP) is 5.48. The molecular formula is C26H25F5N2O3. The minimum Gasteiger partial charge on any atom is -0.466 e. The van der Waals surface area contributed by atoms with Crippen molar-refractivity contribution in [2.75, 3.05) is 19.7 Å². The summed E-state index contributed by atoms with van der Waals surface area (Å²) in [4.78, 5) is 26.5. The van der Waals surface area contributed by atoms with Crippen molar-refractivity contribution in [2.24, 2.45) is 5.41 Å². The lowest BCUT2D eigenvalue weighted by molar-refractivity contribution is -0.173. The zero-order valence-corrected chi connectivity index (χ0v) is 19.5. The molecule has 5 nitrogen and oxygen atoms in total. The first-order valence-electron chi connectivity index (χ1n) is 11.4. The van der Waals surface area contributed by atoms with Gasteiger partial charge in [-0.3, -0.25) is 9.59 Å². The number of amides is 1. The quantitative estimate of drug-likeness (QED) is 0.367. The molecule has 1 fully saturated rings. The Labute approximate surface area is 205 Å². The van der Waals surface area contributed by atoms with Gasteiger partial charge in [0.2, 0.25) is 5.91 Å². The number of hydrogen-bond donors (Lipinski definition) is 0. The van der Waals surface area contributed by atoms with E-state index >= 15 is 0 Å². The van der Waals surface area contributed by atoms with Gasteiger partial charge in [0.25, 0.3) is 0 Å². The monoisotopic (exact) mass is 508 g/mol. The molecule has 1 heterocycles. The van der Waals surface area contributed by atoms with Gasteiger partial charge in [0, 0.05) is 18.5 Å². The van der Waals surface area contributed by atoms with E-state index in [9.17, 15) is 36.8 Å². The Hall–Kier alpha value is -3.48. The molecule has 1 aliphatic heterocycles. The Morgan fingerprint density at radius 2 is 1.69 bits per heavy atom. The summed E-state index contributed by atoms with van der Waals surface area (Å²) in [5.41, 5.74) is -1.20. The van der Waals surface area contributed by atoms with Gasteiger partial charge < -0.3 is 9.64 Å². The van der Waals surface area contributed by atoms with Crippen LogP contribution in [0.4, 0.5) is 22.0 Å². The number of nitriles is 1. The van der Waals surface area contributed by atoms with Crippen molar-refractivity contribution in [3.05, 3.63) is 71.3 Å². The maximum absolute atomic E-state index is 13.9. The second-order valence-electron chi connectivity index (χ2n) is 8.79. The van der Waals surface area contributed by atoms with Gasteiger partial charge in [-0.15, -0.1) is 0 Å². The minimum absolute atomic E-state index is 0.00581. The second kappa shape index (κ2) is 11.1. The van der Waals surface area contributed by atoms with Crippen LogP contribution in [0.25, 0.3) is 0 Å². The van der Waals surface area contributed by atoms with E-state index in [1.807, 2.05) is 0 Å². The molecule has 0 aromatic heterocycles. The molecule has 1 aliphatic rings. The smallest absolute Gasteiger partial charge is 0.404 e. The van der Waals surface area contributed by atoms with Crippen LogP contribution in [-0.4, -0.2) is 42.6 Å². The Morgan fingerprint density at radius 3 is 2.22 bits per heavy atom. The molecule has 2 aromatic carbocycles. The summed E-state index contributed by atoms with van der Waals surface area (Å²) in [5.74, 6) is -7.45. The molecule has 0 N–H and O–H groups in total. The van der Waals surface area contributed by atoms with Crippen molar-refractivity contribution in [3.8, 4) is 6.07 Å². The van der Waals surface area contributed by atoms with Crippen LogP contribution < -0.4 is 0 Å². The second-order valence-corrected chi connectivity index (χ2v) is 8.79. The molecular weight excluding hydrogens is 483 g/mol. The normalized spacial score (nSPS) is 17.1. The van der Waals surface area contributed by atoms with Gasteiger partial charge in [-0.2, -0.15) is 18.4 Å². The Balaban J connectivity index is 1.91. The van der Waals surface area contributed by atoms with E-state index in [0.29, 0.717) is 0 Å². The largest absolute Gasteiger partial charge is 0.466 e. The summed E-state index contributed by atoms with van der Waals surface area (Å²) in [6, 6.07) is 11.9. The summed E-state index contributed by atoms with van der Waals surface area (Å²) in [6.45, 7) is 1.37. The van der Waals surface area contributed by atoms with Crippen LogP contribution in [0.1, 0.15) is 49.1 Å². The molecule has 192 valence electrons. The van der Waals surface area contributed by atoms with E-state index in [0.717, 1.165) is 17.0 Å². The molecule has 1 amide bonds. The van der Waals surface area contributed by atoms with E-state index in [1.165, 1.54) is 30.3 Å². The highest BCUT2D eigenvalue weighted by atomic mass is 19.4. The lowest BCUT2D eigenvalue weighted by Crippen LogP contribution is -2.49. The van der Waals surface area contributed by atoms with Crippen LogP contribution in [-0.2, 0) is 14.3 Å². The molecule has 1 unspecified atom stereocenters. The zero-order chi connectivity index (χ0) is 26.5. The molecule has 2 atom stereocenters. The summed E-state index contributed by atoms with van der Waals surface area (Å²) < 4.78 is 74.1. The molecule has 2 aromatic rings. The highest BCUT2D eigenvalue weighted by Crippen LogP contribution is 2.48. The van der Waals surface area contributed by atoms with Crippen molar-refractivity contribution < 1.29 is 36.3 Å². The zero-order valence-electron chi connectivity index (χ0n) is 19.5. The molecule has 36 heavy (non-hydrogen) atoms. The predicted molar refractivity (Wildman–Crippen MR) is 119 cm³/mol. The molecule has 0 aliphatic carbocycles. The fourth-order valence-corrected chi connectivity index (χ4v) is 4.80. The topological polar surface area (TPSA) is 70.4 Å². The first-order valence-corrected chi connectivity index (χ1v) is 11.4. The lowest BCUT2D eigenvalue weighted by Gasteiger charge is -2.44. The molecule has 0 bridgehead atoms. The standard InChI is InChI=1S/C26H25F5N2O3/c1-2-36-22(34)15-25(19(16-32)18-8-9-20(27)21(28)14-18)10-12-33(13-11-25)24(35)23(26(29,30)31)17-6-4-3-5-7-17/h3-9,14,19,23H,2,10-13,15H2,1H3/t19?,23-/m0/s1. The molecule has 1 saturated heterocycles. The van der Waals surface area contributed by atoms with Crippen LogP contribution in [0.3, 0.4) is 0 Å². The van der Waals surface area contributed by atoms with Crippen LogP contribution >= 0.6 is 0 Å². The number of benzene rings is 2.